The SMILES string of the molecule is CC(C)COC(=O)COc1ccc(-c2csc(N)n2)cc1. The van der Waals surface area contributed by atoms with Gasteiger partial charge in [-0.1, -0.05) is 13.8 Å². The number of carbonyl (C=O) groups is 1. The van der Waals surface area contributed by atoms with Crippen LogP contribution in [-0.2, 0) is 9.53 Å². The molecular formula is C15H18N2O3S. The van der Waals surface area contributed by atoms with E-state index in [9.17, 15) is 4.79 Å². The summed E-state index contributed by atoms with van der Waals surface area (Å²) in [6.07, 6.45) is 0. The largest absolute Gasteiger partial charge is 0.482 e. The standard InChI is InChI=1S/C15H18N2O3S/c1-10(2)7-20-14(18)8-19-12-5-3-11(4-6-12)13-9-21-15(16)17-13/h3-6,9-10H,7-8H2,1-2H3,(H2,16,17). The number of ether oxygens (including phenoxy) is 2. The van der Waals surface area contributed by atoms with Crippen molar-refractivity contribution in [2.75, 3.05) is 18.9 Å². The zero-order valence-electron chi connectivity index (χ0n) is 12.0. The third-order valence-electron chi connectivity index (χ3n) is 2.61. The molecule has 1 heterocycles. The molecule has 0 fully saturated rings. The number of aromatic nitrogens is 1. The summed E-state index contributed by atoms with van der Waals surface area (Å²) in [6.45, 7) is 4.29. The second-order valence-corrected chi connectivity index (χ2v) is 5.85. The minimum atomic E-state index is -0.361. The maximum atomic E-state index is 11.4. The Labute approximate surface area is 127 Å². The monoisotopic (exact) mass is 306 g/mol. The summed E-state index contributed by atoms with van der Waals surface area (Å²) in [5.41, 5.74) is 7.40. The molecule has 0 aliphatic carbocycles. The van der Waals surface area contributed by atoms with Crippen LogP contribution in [0.5, 0.6) is 5.75 Å². The summed E-state index contributed by atoms with van der Waals surface area (Å²) >= 11 is 1.40. The minimum Gasteiger partial charge on any atom is -0.482 e. The van der Waals surface area contributed by atoms with Gasteiger partial charge in [0.15, 0.2) is 11.7 Å². The molecule has 112 valence electrons. The van der Waals surface area contributed by atoms with Gasteiger partial charge in [0.2, 0.25) is 0 Å². The average Bonchev–Trinajstić information content (AvgIpc) is 2.90. The zero-order valence-corrected chi connectivity index (χ0v) is 12.9. The maximum Gasteiger partial charge on any atom is 0.344 e. The van der Waals surface area contributed by atoms with Gasteiger partial charge in [0, 0.05) is 10.9 Å². The molecule has 5 nitrogen and oxygen atoms in total. The molecule has 21 heavy (non-hydrogen) atoms. The van der Waals surface area contributed by atoms with Gasteiger partial charge in [-0.25, -0.2) is 9.78 Å². The first-order chi connectivity index (χ1) is 10.0. The van der Waals surface area contributed by atoms with Crippen LogP contribution in [0.25, 0.3) is 11.3 Å². The predicted molar refractivity (Wildman–Crippen MR) is 83.3 cm³/mol. The zero-order chi connectivity index (χ0) is 15.2. The Hall–Kier alpha value is -2.08. The minimum absolute atomic E-state index is 0.0876. The smallest absolute Gasteiger partial charge is 0.344 e. The number of hydrogen-bond acceptors (Lipinski definition) is 6. The first kappa shape index (κ1) is 15.3. The van der Waals surface area contributed by atoms with Crippen LogP contribution in [-0.4, -0.2) is 24.2 Å². The summed E-state index contributed by atoms with van der Waals surface area (Å²) < 4.78 is 10.4. The number of esters is 1. The molecule has 2 aromatic rings. The lowest BCUT2D eigenvalue weighted by atomic mass is 10.2. The lowest BCUT2D eigenvalue weighted by Crippen LogP contribution is -2.17. The van der Waals surface area contributed by atoms with Crippen LogP contribution in [0.1, 0.15) is 13.8 Å². The lowest BCUT2D eigenvalue weighted by Gasteiger charge is -2.08. The van der Waals surface area contributed by atoms with Crippen molar-refractivity contribution in [1.29, 1.82) is 0 Å². The van der Waals surface area contributed by atoms with E-state index in [4.69, 9.17) is 15.2 Å². The fraction of sp³-hybridized carbons (Fsp3) is 0.333. The van der Waals surface area contributed by atoms with Gasteiger partial charge in [-0.05, 0) is 30.2 Å². The van der Waals surface area contributed by atoms with Crippen LogP contribution in [0.4, 0.5) is 5.13 Å². The molecule has 0 atom stereocenters. The highest BCUT2D eigenvalue weighted by atomic mass is 32.1. The van der Waals surface area contributed by atoms with E-state index in [1.54, 1.807) is 12.1 Å². The Morgan fingerprint density at radius 1 is 1.33 bits per heavy atom. The molecule has 0 saturated heterocycles. The maximum absolute atomic E-state index is 11.4. The van der Waals surface area contributed by atoms with E-state index in [-0.39, 0.29) is 12.6 Å². The molecule has 0 aliphatic heterocycles. The fourth-order valence-corrected chi connectivity index (χ4v) is 2.16. The van der Waals surface area contributed by atoms with Crippen LogP contribution >= 0.6 is 11.3 Å². The van der Waals surface area contributed by atoms with E-state index in [1.807, 2.05) is 31.4 Å². The molecule has 0 unspecified atom stereocenters. The number of hydrogen-bond donors (Lipinski definition) is 1. The topological polar surface area (TPSA) is 74.4 Å². The third-order valence-corrected chi connectivity index (χ3v) is 3.28. The highest BCUT2D eigenvalue weighted by Crippen LogP contribution is 2.24. The number of rotatable bonds is 6. The number of carbonyl (C=O) groups excluding carboxylic acids is 1. The van der Waals surface area contributed by atoms with E-state index in [0.29, 0.717) is 23.4 Å². The number of nitrogens with two attached hydrogens (primary N) is 1. The highest BCUT2D eigenvalue weighted by Gasteiger charge is 2.07. The first-order valence-electron chi connectivity index (χ1n) is 6.64. The Bertz CT molecular complexity index is 593. The van der Waals surface area contributed by atoms with Gasteiger partial charge >= 0.3 is 5.97 Å². The summed E-state index contributed by atoms with van der Waals surface area (Å²) in [4.78, 5) is 15.6. The summed E-state index contributed by atoms with van der Waals surface area (Å²) in [5.74, 6) is 0.572. The van der Waals surface area contributed by atoms with Gasteiger partial charge in [0.1, 0.15) is 5.75 Å². The van der Waals surface area contributed by atoms with Crippen molar-refractivity contribution in [3.8, 4) is 17.0 Å². The first-order valence-corrected chi connectivity index (χ1v) is 7.52. The lowest BCUT2D eigenvalue weighted by molar-refractivity contribution is -0.147. The number of nitrogen functional groups attached to an aromatic ring is 1. The van der Waals surface area contributed by atoms with Gasteiger partial charge in [-0.15, -0.1) is 11.3 Å². The van der Waals surface area contributed by atoms with Gasteiger partial charge < -0.3 is 15.2 Å². The second-order valence-electron chi connectivity index (χ2n) is 4.96. The van der Waals surface area contributed by atoms with Crippen molar-refractivity contribution in [2.24, 2.45) is 5.92 Å². The van der Waals surface area contributed by atoms with Gasteiger partial charge in [0.25, 0.3) is 0 Å². The van der Waals surface area contributed by atoms with Gasteiger partial charge in [-0.3, -0.25) is 0 Å². The van der Waals surface area contributed by atoms with Crippen molar-refractivity contribution < 1.29 is 14.3 Å². The predicted octanol–water partition coefficient (Wildman–Crippen LogP) is 2.97. The number of benzene rings is 1. The molecule has 2 N–H and O–H groups in total. The molecule has 0 saturated carbocycles. The Morgan fingerprint density at radius 2 is 2.05 bits per heavy atom. The number of thiazole rings is 1. The van der Waals surface area contributed by atoms with Crippen LogP contribution in [0, 0.1) is 5.92 Å². The Balaban J connectivity index is 1.86. The molecule has 6 heteroatoms. The van der Waals surface area contributed by atoms with Gasteiger partial charge in [0.05, 0.1) is 12.3 Å². The number of anilines is 1. The van der Waals surface area contributed by atoms with Crippen LogP contribution in [0.3, 0.4) is 0 Å². The van der Waals surface area contributed by atoms with E-state index >= 15 is 0 Å². The molecule has 0 amide bonds. The van der Waals surface area contributed by atoms with Crippen LogP contribution in [0.15, 0.2) is 29.6 Å². The van der Waals surface area contributed by atoms with Crippen molar-refractivity contribution in [3.05, 3.63) is 29.6 Å². The van der Waals surface area contributed by atoms with E-state index in [0.717, 1.165) is 11.3 Å². The second kappa shape index (κ2) is 7.08. The fourth-order valence-electron chi connectivity index (χ4n) is 1.59. The molecular weight excluding hydrogens is 288 g/mol. The van der Waals surface area contributed by atoms with Crippen LogP contribution < -0.4 is 10.5 Å². The van der Waals surface area contributed by atoms with Crippen molar-refractivity contribution in [2.45, 2.75) is 13.8 Å². The van der Waals surface area contributed by atoms with Crippen LogP contribution in [0.2, 0.25) is 0 Å². The summed E-state index contributed by atoms with van der Waals surface area (Å²) in [7, 11) is 0. The van der Waals surface area contributed by atoms with Crippen molar-refractivity contribution >= 4 is 22.4 Å². The Kier molecular flexibility index (Phi) is 5.16. The van der Waals surface area contributed by atoms with Crippen molar-refractivity contribution in [1.82, 2.24) is 4.98 Å². The molecule has 0 spiro atoms. The average molecular weight is 306 g/mol. The summed E-state index contributed by atoms with van der Waals surface area (Å²) in [5, 5.41) is 2.44. The van der Waals surface area contributed by atoms with E-state index in [1.165, 1.54) is 11.3 Å². The van der Waals surface area contributed by atoms with Gasteiger partial charge in [-0.2, -0.15) is 0 Å². The van der Waals surface area contributed by atoms with E-state index < -0.39 is 0 Å². The Morgan fingerprint density at radius 3 is 2.62 bits per heavy atom. The normalized spacial score (nSPS) is 10.6. The quantitative estimate of drug-likeness (QED) is 0.830. The molecule has 0 bridgehead atoms. The van der Waals surface area contributed by atoms with Crippen molar-refractivity contribution in [3.63, 3.8) is 0 Å². The number of nitrogens with zero attached hydrogens (tertiary/aromatic N) is 1. The summed E-state index contributed by atoms with van der Waals surface area (Å²) in [6, 6.07) is 7.34. The molecule has 1 aromatic carbocycles. The molecule has 1 aromatic heterocycles. The van der Waals surface area contributed by atoms with E-state index in [2.05, 4.69) is 4.98 Å². The molecule has 2 rings (SSSR count). The molecule has 0 aliphatic rings. The molecule has 0 radical (unpaired) electrons. The third kappa shape index (κ3) is 4.75. The highest BCUT2D eigenvalue weighted by molar-refractivity contribution is 7.13.